The number of halogens is 1. The molecule has 164 valence electrons. The van der Waals surface area contributed by atoms with Gasteiger partial charge in [-0.15, -0.1) is 0 Å². The van der Waals surface area contributed by atoms with Gasteiger partial charge in [-0.25, -0.2) is 14.0 Å². The van der Waals surface area contributed by atoms with Gasteiger partial charge in [0.15, 0.2) is 0 Å². The van der Waals surface area contributed by atoms with Crippen LogP contribution < -0.4 is 20.4 Å². The number of benzene rings is 1. The molecule has 1 aromatic rings. The van der Waals surface area contributed by atoms with Crippen LogP contribution in [0.15, 0.2) is 18.2 Å². The number of carbonyl (C=O) groups excluding carboxylic acids is 3. The Bertz CT molecular complexity index is 820. The summed E-state index contributed by atoms with van der Waals surface area (Å²) in [6.45, 7) is 5.62. The number of amides is 3. The number of cyclic esters (lactones) is 1. The van der Waals surface area contributed by atoms with Crippen molar-refractivity contribution < 1.29 is 28.2 Å². The zero-order valence-corrected chi connectivity index (χ0v) is 17.3. The largest absolute Gasteiger partial charge is 0.453 e. The number of rotatable bonds is 6. The summed E-state index contributed by atoms with van der Waals surface area (Å²) in [6.07, 6.45) is -1.53. The number of alkyl carbamates (subject to hydrolysis) is 1. The fraction of sp³-hybridized carbons (Fsp3) is 0.550. The highest BCUT2D eigenvalue weighted by Gasteiger charge is 2.34. The minimum Gasteiger partial charge on any atom is -0.453 e. The molecule has 30 heavy (non-hydrogen) atoms. The first-order valence-electron chi connectivity index (χ1n) is 9.87. The number of nitrogens with zero attached hydrogens (tertiary/aromatic N) is 2. The van der Waals surface area contributed by atoms with Crippen LogP contribution in [-0.4, -0.2) is 64.0 Å². The molecule has 0 spiro atoms. The molecule has 1 aromatic carbocycles. The average molecular weight is 422 g/mol. The topological polar surface area (TPSA) is 100 Å². The van der Waals surface area contributed by atoms with Crippen molar-refractivity contribution in [2.45, 2.75) is 20.0 Å². The first-order valence-corrected chi connectivity index (χ1v) is 9.87. The van der Waals surface area contributed by atoms with Gasteiger partial charge in [-0.2, -0.15) is 0 Å². The predicted octanol–water partition coefficient (Wildman–Crippen LogP) is 1.72. The molecular formula is C20H27FN4O5. The van der Waals surface area contributed by atoms with E-state index in [1.165, 1.54) is 25.0 Å². The number of hydrogen-bond donors (Lipinski definition) is 2. The van der Waals surface area contributed by atoms with Gasteiger partial charge in [0, 0.05) is 26.6 Å². The lowest BCUT2D eigenvalue weighted by Crippen LogP contribution is -2.33. The lowest BCUT2D eigenvalue weighted by molar-refractivity contribution is -0.119. The number of ether oxygens (including phenoxy) is 2. The summed E-state index contributed by atoms with van der Waals surface area (Å²) >= 11 is 0. The Labute approximate surface area is 174 Å². The van der Waals surface area contributed by atoms with Crippen LogP contribution in [0.5, 0.6) is 0 Å². The van der Waals surface area contributed by atoms with E-state index in [0.717, 1.165) is 0 Å². The molecule has 2 heterocycles. The molecule has 2 N–H and O–H groups in total. The van der Waals surface area contributed by atoms with E-state index in [0.29, 0.717) is 31.0 Å². The van der Waals surface area contributed by atoms with Crippen molar-refractivity contribution in [3.63, 3.8) is 0 Å². The Morgan fingerprint density at radius 1 is 1.23 bits per heavy atom. The SMILES string of the molecule is COC(=O)NC[C@H]1CN(c2ccc(N3C[C@H](CNC(C)=O)OC3=O)cc2F)C[C@H]1C. The number of carbonyl (C=O) groups is 3. The number of hydrogen-bond acceptors (Lipinski definition) is 6. The van der Waals surface area contributed by atoms with Crippen molar-refractivity contribution in [3.8, 4) is 0 Å². The Hall–Kier alpha value is -3.04. The van der Waals surface area contributed by atoms with E-state index >= 15 is 0 Å². The van der Waals surface area contributed by atoms with E-state index in [9.17, 15) is 18.8 Å². The summed E-state index contributed by atoms with van der Waals surface area (Å²) in [7, 11) is 1.31. The van der Waals surface area contributed by atoms with Crippen LogP contribution in [-0.2, 0) is 14.3 Å². The summed E-state index contributed by atoms with van der Waals surface area (Å²) in [5, 5.41) is 5.31. The Balaban J connectivity index is 1.64. The average Bonchev–Trinajstić information content (AvgIpc) is 3.26. The molecule has 2 aliphatic heterocycles. The fourth-order valence-electron chi connectivity index (χ4n) is 3.80. The maximum absolute atomic E-state index is 14.9. The fourth-order valence-corrected chi connectivity index (χ4v) is 3.80. The van der Waals surface area contributed by atoms with Crippen molar-refractivity contribution in [2.75, 3.05) is 49.6 Å². The highest BCUT2D eigenvalue weighted by molar-refractivity contribution is 5.90. The van der Waals surface area contributed by atoms with Gasteiger partial charge in [-0.1, -0.05) is 6.92 Å². The van der Waals surface area contributed by atoms with E-state index in [4.69, 9.17) is 4.74 Å². The van der Waals surface area contributed by atoms with Crippen molar-refractivity contribution in [2.24, 2.45) is 11.8 Å². The van der Waals surface area contributed by atoms with Gasteiger partial charge in [0.2, 0.25) is 5.91 Å². The first kappa shape index (κ1) is 21.7. The predicted molar refractivity (Wildman–Crippen MR) is 108 cm³/mol. The molecule has 3 rings (SSSR count). The summed E-state index contributed by atoms with van der Waals surface area (Å²) in [5.41, 5.74) is 0.858. The van der Waals surface area contributed by atoms with Crippen LogP contribution in [0.3, 0.4) is 0 Å². The van der Waals surface area contributed by atoms with E-state index < -0.39 is 24.1 Å². The van der Waals surface area contributed by atoms with E-state index in [1.54, 1.807) is 12.1 Å². The standard InChI is InChI=1S/C20H27FN4O5/c1-12-9-24(10-14(12)7-23-19(27)29-3)18-5-4-15(6-17(18)21)25-11-16(30-20(25)28)8-22-13(2)26/h4-6,12,14,16H,7-11H2,1-3H3,(H,22,26)(H,23,27)/t12-,14+,16+/m1/s1. The van der Waals surface area contributed by atoms with Crippen LogP contribution in [0, 0.1) is 17.7 Å². The third-order valence-corrected chi connectivity index (χ3v) is 5.50. The molecule has 0 aliphatic carbocycles. The zero-order valence-electron chi connectivity index (χ0n) is 17.3. The summed E-state index contributed by atoms with van der Waals surface area (Å²) in [5.74, 6) is -0.199. The first-order chi connectivity index (χ1) is 14.3. The quantitative estimate of drug-likeness (QED) is 0.724. The molecule has 0 unspecified atom stereocenters. The molecule has 10 heteroatoms. The number of nitrogens with one attached hydrogen (secondary N) is 2. The van der Waals surface area contributed by atoms with Crippen molar-refractivity contribution in [1.29, 1.82) is 0 Å². The van der Waals surface area contributed by atoms with E-state index in [2.05, 4.69) is 22.3 Å². The lowest BCUT2D eigenvalue weighted by atomic mass is 9.98. The third-order valence-electron chi connectivity index (χ3n) is 5.50. The molecule has 0 aromatic heterocycles. The van der Waals surface area contributed by atoms with Crippen molar-refractivity contribution >= 4 is 29.5 Å². The van der Waals surface area contributed by atoms with Crippen molar-refractivity contribution in [1.82, 2.24) is 10.6 Å². The second kappa shape index (κ2) is 9.19. The lowest BCUT2D eigenvalue weighted by Gasteiger charge is -2.21. The smallest absolute Gasteiger partial charge is 0.414 e. The van der Waals surface area contributed by atoms with Gasteiger partial charge < -0.3 is 25.0 Å². The highest BCUT2D eigenvalue weighted by atomic mass is 19.1. The molecule has 2 fully saturated rings. The Kier molecular flexibility index (Phi) is 6.63. The Morgan fingerprint density at radius 2 is 2.00 bits per heavy atom. The maximum Gasteiger partial charge on any atom is 0.414 e. The molecule has 3 atom stereocenters. The van der Waals surface area contributed by atoms with Gasteiger partial charge in [-0.3, -0.25) is 9.69 Å². The molecular weight excluding hydrogens is 395 g/mol. The van der Waals surface area contributed by atoms with Crippen LogP contribution in [0.4, 0.5) is 25.4 Å². The van der Waals surface area contributed by atoms with Gasteiger partial charge in [0.25, 0.3) is 0 Å². The second-order valence-electron chi connectivity index (χ2n) is 7.70. The van der Waals surface area contributed by atoms with Crippen LogP contribution in [0.1, 0.15) is 13.8 Å². The molecule has 2 aliphatic rings. The van der Waals surface area contributed by atoms with Crippen LogP contribution >= 0.6 is 0 Å². The molecule has 9 nitrogen and oxygen atoms in total. The molecule has 0 bridgehead atoms. The molecule has 0 radical (unpaired) electrons. The molecule has 2 saturated heterocycles. The van der Waals surface area contributed by atoms with Crippen molar-refractivity contribution in [3.05, 3.63) is 24.0 Å². The number of anilines is 2. The number of methoxy groups -OCH3 is 1. The van der Waals surface area contributed by atoms with E-state index in [-0.39, 0.29) is 30.8 Å². The normalized spacial score (nSPS) is 23.3. The van der Waals surface area contributed by atoms with Crippen LogP contribution in [0.2, 0.25) is 0 Å². The highest BCUT2D eigenvalue weighted by Crippen LogP contribution is 2.32. The summed E-state index contributed by atoms with van der Waals surface area (Å²) in [6, 6.07) is 4.66. The van der Waals surface area contributed by atoms with E-state index in [1.807, 2.05) is 4.90 Å². The van der Waals surface area contributed by atoms with Gasteiger partial charge >= 0.3 is 12.2 Å². The summed E-state index contributed by atoms with van der Waals surface area (Å²) in [4.78, 5) is 37.8. The van der Waals surface area contributed by atoms with Gasteiger partial charge in [0.1, 0.15) is 11.9 Å². The molecule has 0 saturated carbocycles. The Morgan fingerprint density at radius 3 is 2.67 bits per heavy atom. The second-order valence-corrected chi connectivity index (χ2v) is 7.70. The van der Waals surface area contributed by atoms with Crippen LogP contribution in [0.25, 0.3) is 0 Å². The zero-order chi connectivity index (χ0) is 21.8. The van der Waals surface area contributed by atoms with Gasteiger partial charge in [-0.05, 0) is 30.0 Å². The maximum atomic E-state index is 14.9. The third kappa shape index (κ3) is 4.92. The monoisotopic (exact) mass is 422 g/mol. The summed E-state index contributed by atoms with van der Waals surface area (Å²) < 4.78 is 24.7. The minimum absolute atomic E-state index is 0.172. The van der Waals surface area contributed by atoms with Gasteiger partial charge in [0.05, 0.1) is 31.6 Å². The molecule has 3 amide bonds. The minimum atomic E-state index is -0.568.